The van der Waals surface area contributed by atoms with Crippen LogP contribution >= 0.6 is 24.0 Å². The van der Waals surface area contributed by atoms with Crippen LogP contribution in [0, 0.1) is 0 Å². The van der Waals surface area contributed by atoms with Crippen molar-refractivity contribution in [3.05, 3.63) is 40.9 Å². The lowest BCUT2D eigenvalue weighted by Crippen LogP contribution is -2.30. The Bertz CT molecular complexity index is 979. The molecule has 1 aromatic heterocycles. The molecular formula is C18H16N2O5S2. The number of rotatable bonds is 6. The molecule has 2 heterocycles. The summed E-state index contributed by atoms with van der Waals surface area (Å²) in [6.45, 7) is 0.103. The molecule has 140 valence electrons. The summed E-state index contributed by atoms with van der Waals surface area (Å²) in [6, 6.07) is 7.53. The van der Waals surface area contributed by atoms with Crippen molar-refractivity contribution in [3.8, 4) is 0 Å². The third kappa shape index (κ3) is 4.04. The number of aliphatic carboxylic acids is 1. The number of hydrogen-bond acceptors (Lipinski definition) is 6. The maximum Gasteiger partial charge on any atom is 0.325 e. The van der Waals surface area contributed by atoms with Gasteiger partial charge in [-0.25, -0.2) is 0 Å². The quantitative estimate of drug-likeness (QED) is 0.449. The highest BCUT2D eigenvalue weighted by Crippen LogP contribution is 2.34. The van der Waals surface area contributed by atoms with Gasteiger partial charge in [0, 0.05) is 29.2 Å². The Morgan fingerprint density at radius 2 is 2.07 bits per heavy atom. The van der Waals surface area contributed by atoms with Crippen molar-refractivity contribution in [2.24, 2.45) is 0 Å². The number of aromatic nitrogens is 1. The monoisotopic (exact) mass is 404 g/mol. The van der Waals surface area contributed by atoms with E-state index in [4.69, 9.17) is 22.1 Å². The molecule has 0 aliphatic carbocycles. The summed E-state index contributed by atoms with van der Waals surface area (Å²) in [5.41, 5.74) is 1.61. The van der Waals surface area contributed by atoms with E-state index in [0.29, 0.717) is 9.23 Å². The van der Waals surface area contributed by atoms with Crippen molar-refractivity contribution < 1.29 is 24.2 Å². The summed E-state index contributed by atoms with van der Waals surface area (Å²) < 4.78 is 6.83. The Kier molecular flexibility index (Phi) is 5.62. The van der Waals surface area contributed by atoms with Gasteiger partial charge >= 0.3 is 11.9 Å². The highest BCUT2D eigenvalue weighted by molar-refractivity contribution is 8.26. The van der Waals surface area contributed by atoms with Crippen LogP contribution in [0.1, 0.15) is 12.0 Å². The number of carboxylic acid groups (broad SMARTS) is 1. The van der Waals surface area contributed by atoms with Gasteiger partial charge in [0.05, 0.1) is 18.4 Å². The molecule has 27 heavy (non-hydrogen) atoms. The minimum atomic E-state index is -0.987. The molecular weight excluding hydrogens is 388 g/mol. The van der Waals surface area contributed by atoms with E-state index >= 15 is 0 Å². The fraction of sp³-hybridized carbons (Fsp3) is 0.222. The minimum Gasteiger partial charge on any atom is -0.481 e. The van der Waals surface area contributed by atoms with Crippen molar-refractivity contribution in [1.29, 1.82) is 0 Å². The summed E-state index contributed by atoms with van der Waals surface area (Å²) in [4.78, 5) is 36.7. The first-order valence-corrected chi connectivity index (χ1v) is 9.25. The summed E-state index contributed by atoms with van der Waals surface area (Å²) in [6.07, 6.45) is 3.33. The maximum atomic E-state index is 12.6. The minimum absolute atomic E-state index is 0.0431. The number of benzene rings is 1. The molecule has 0 saturated carbocycles. The van der Waals surface area contributed by atoms with Crippen LogP contribution in [-0.4, -0.2) is 50.4 Å². The van der Waals surface area contributed by atoms with Crippen LogP contribution in [0.3, 0.4) is 0 Å². The van der Waals surface area contributed by atoms with Crippen molar-refractivity contribution in [3.63, 3.8) is 0 Å². The molecule has 1 N–H and O–H groups in total. The fourth-order valence-electron chi connectivity index (χ4n) is 2.77. The van der Waals surface area contributed by atoms with Crippen molar-refractivity contribution in [1.82, 2.24) is 9.47 Å². The number of fused-ring (bicyclic) bond motifs is 1. The topological polar surface area (TPSA) is 88.8 Å². The van der Waals surface area contributed by atoms with Crippen LogP contribution < -0.4 is 0 Å². The molecule has 0 radical (unpaired) electrons. The number of para-hydroxylation sites is 1. The maximum absolute atomic E-state index is 12.6. The zero-order chi connectivity index (χ0) is 19.6. The van der Waals surface area contributed by atoms with E-state index in [1.165, 1.54) is 12.0 Å². The Balaban J connectivity index is 1.94. The number of esters is 1. The molecule has 2 aromatic rings. The predicted molar refractivity (Wildman–Crippen MR) is 106 cm³/mol. The molecule has 1 fully saturated rings. The third-order valence-electron chi connectivity index (χ3n) is 4.06. The van der Waals surface area contributed by atoms with Crippen LogP contribution in [0.25, 0.3) is 17.0 Å². The SMILES string of the molecule is COC(=O)Cn1cc(/C=C2/SC(=S)N(CCC(=O)O)C2=O)c2ccccc21. The Labute approximate surface area is 164 Å². The Morgan fingerprint density at radius 1 is 1.33 bits per heavy atom. The number of thiocarbonyl (C=S) groups is 1. The van der Waals surface area contributed by atoms with Gasteiger partial charge in [-0.05, 0) is 12.1 Å². The third-order valence-corrected chi connectivity index (χ3v) is 5.43. The average Bonchev–Trinajstić information content (AvgIpc) is 3.11. The van der Waals surface area contributed by atoms with E-state index in [-0.39, 0.29) is 31.4 Å². The molecule has 3 rings (SSSR count). The second kappa shape index (κ2) is 7.93. The number of carbonyl (C=O) groups is 3. The van der Waals surface area contributed by atoms with E-state index in [1.54, 1.807) is 16.8 Å². The van der Waals surface area contributed by atoms with Gasteiger partial charge in [-0.15, -0.1) is 0 Å². The normalized spacial score (nSPS) is 15.7. The van der Waals surface area contributed by atoms with Crippen LogP contribution in [0.2, 0.25) is 0 Å². The highest BCUT2D eigenvalue weighted by atomic mass is 32.2. The van der Waals surface area contributed by atoms with Gasteiger partial charge in [-0.1, -0.05) is 42.2 Å². The van der Waals surface area contributed by atoms with Crippen LogP contribution in [-0.2, 0) is 25.7 Å². The summed E-state index contributed by atoms with van der Waals surface area (Å²) in [7, 11) is 1.33. The number of carbonyl (C=O) groups excluding carboxylic acids is 2. The van der Waals surface area contributed by atoms with E-state index in [0.717, 1.165) is 28.2 Å². The highest BCUT2D eigenvalue weighted by Gasteiger charge is 2.32. The lowest BCUT2D eigenvalue weighted by Gasteiger charge is -2.12. The lowest BCUT2D eigenvalue weighted by atomic mass is 10.1. The number of amides is 1. The van der Waals surface area contributed by atoms with Gasteiger partial charge in [0.2, 0.25) is 0 Å². The van der Waals surface area contributed by atoms with Crippen LogP contribution in [0.4, 0.5) is 0 Å². The summed E-state index contributed by atoms with van der Waals surface area (Å²) in [5.74, 6) is -1.67. The van der Waals surface area contributed by atoms with Crippen LogP contribution in [0.15, 0.2) is 35.4 Å². The zero-order valence-corrected chi connectivity index (χ0v) is 16.0. The molecule has 9 heteroatoms. The smallest absolute Gasteiger partial charge is 0.325 e. The molecule has 7 nitrogen and oxygen atoms in total. The number of methoxy groups -OCH3 is 1. The van der Waals surface area contributed by atoms with E-state index in [2.05, 4.69) is 0 Å². The lowest BCUT2D eigenvalue weighted by molar-refractivity contribution is -0.141. The molecule has 1 aromatic carbocycles. The summed E-state index contributed by atoms with van der Waals surface area (Å²) in [5, 5.41) is 9.70. The van der Waals surface area contributed by atoms with Gasteiger partial charge in [-0.3, -0.25) is 19.3 Å². The molecule has 1 aliphatic rings. The van der Waals surface area contributed by atoms with E-state index in [9.17, 15) is 14.4 Å². The van der Waals surface area contributed by atoms with Gasteiger partial charge in [0.1, 0.15) is 10.9 Å². The predicted octanol–water partition coefficient (Wildman–Crippen LogP) is 2.49. The molecule has 1 amide bonds. The largest absolute Gasteiger partial charge is 0.481 e. The van der Waals surface area contributed by atoms with Gasteiger partial charge < -0.3 is 14.4 Å². The van der Waals surface area contributed by atoms with Gasteiger partial charge in [0.15, 0.2) is 0 Å². The first kappa shape index (κ1) is 19.1. The van der Waals surface area contributed by atoms with Crippen LogP contribution in [0.5, 0.6) is 0 Å². The number of nitrogens with zero attached hydrogens (tertiary/aromatic N) is 2. The number of hydrogen-bond donors (Lipinski definition) is 1. The zero-order valence-electron chi connectivity index (χ0n) is 14.4. The fourth-order valence-corrected chi connectivity index (χ4v) is 4.07. The standard InChI is InChI=1S/C18H16N2O5S2/c1-25-16(23)10-19-9-11(12-4-2-3-5-13(12)19)8-14-17(24)20(18(26)27-14)7-6-15(21)22/h2-5,8-9H,6-7,10H2,1H3,(H,21,22)/b14-8+. The van der Waals surface area contributed by atoms with E-state index < -0.39 is 5.97 Å². The molecule has 1 aliphatic heterocycles. The molecule has 1 saturated heterocycles. The van der Waals surface area contributed by atoms with Crippen molar-refractivity contribution >= 4 is 63.1 Å². The molecule has 0 unspecified atom stereocenters. The molecule has 0 bridgehead atoms. The molecule has 0 spiro atoms. The second-order valence-electron chi connectivity index (χ2n) is 5.78. The number of thioether (sulfide) groups is 1. The summed E-state index contributed by atoms with van der Waals surface area (Å²) >= 11 is 6.34. The Hall–Kier alpha value is -2.65. The first-order chi connectivity index (χ1) is 12.9. The molecule has 0 atom stereocenters. The van der Waals surface area contributed by atoms with Crippen molar-refractivity contribution in [2.75, 3.05) is 13.7 Å². The van der Waals surface area contributed by atoms with Gasteiger partial charge in [0.25, 0.3) is 5.91 Å². The number of ether oxygens (including phenoxy) is 1. The Morgan fingerprint density at radius 3 is 2.78 bits per heavy atom. The van der Waals surface area contributed by atoms with Crippen molar-refractivity contribution in [2.45, 2.75) is 13.0 Å². The van der Waals surface area contributed by atoms with E-state index in [1.807, 2.05) is 24.3 Å². The average molecular weight is 404 g/mol. The van der Waals surface area contributed by atoms with Gasteiger partial charge in [-0.2, -0.15) is 0 Å². The first-order valence-electron chi connectivity index (χ1n) is 8.02. The second-order valence-corrected chi connectivity index (χ2v) is 7.46. The number of carboxylic acids is 1.